The van der Waals surface area contributed by atoms with Crippen LogP contribution in [0.2, 0.25) is 0 Å². The monoisotopic (exact) mass is 419 g/mol. The molecule has 0 radical (unpaired) electrons. The van der Waals surface area contributed by atoms with Crippen molar-refractivity contribution in [1.29, 1.82) is 0 Å². The molecule has 0 atom stereocenters. The summed E-state index contributed by atoms with van der Waals surface area (Å²) < 4.78 is 8.05. The Kier molecular flexibility index (Phi) is 5.99. The summed E-state index contributed by atoms with van der Waals surface area (Å²) >= 11 is 1.37. The van der Waals surface area contributed by atoms with E-state index in [1.165, 1.54) is 11.8 Å². The van der Waals surface area contributed by atoms with Crippen LogP contribution in [0.15, 0.2) is 71.9 Å². The van der Waals surface area contributed by atoms with Crippen LogP contribution in [-0.2, 0) is 11.4 Å². The second-order valence-corrected chi connectivity index (χ2v) is 7.89. The smallest absolute Gasteiger partial charge is 0.304 e. The number of rotatable bonds is 8. The molecule has 152 valence electrons. The van der Waals surface area contributed by atoms with Gasteiger partial charge in [-0.25, -0.2) is 0 Å². The molecule has 4 rings (SSSR count). The van der Waals surface area contributed by atoms with Gasteiger partial charge in [-0.2, -0.15) is 0 Å². The Morgan fingerprint density at radius 2 is 1.80 bits per heavy atom. The van der Waals surface area contributed by atoms with Crippen molar-refractivity contribution < 1.29 is 14.6 Å². The van der Waals surface area contributed by atoms with Crippen LogP contribution in [0, 0.1) is 6.92 Å². The van der Waals surface area contributed by atoms with E-state index in [1.54, 1.807) is 0 Å². The van der Waals surface area contributed by atoms with Gasteiger partial charge in [0.15, 0.2) is 11.0 Å². The average molecular weight is 420 g/mol. The molecule has 6 nitrogen and oxygen atoms in total. The van der Waals surface area contributed by atoms with Crippen LogP contribution in [0.3, 0.4) is 0 Å². The maximum Gasteiger partial charge on any atom is 0.304 e. The summed E-state index contributed by atoms with van der Waals surface area (Å²) in [6.45, 7) is 2.28. The zero-order chi connectivity index (χ0) is 20.9. The van der Waals surface area contributed by atoms with Gasteiger partial charge in [0.05, 0.1) is 6.42 Å². The normalized spacial score (nSPS) is 11.0. The number of carbonyl (C=O) groups is 1. The summed E-state index contributed by atoms with van der Waals surface area (Å²) in [4.78, 5) is 10.9. The average Bonchev–Trinajstić information content (AvgIpc) is 3.15. The molecular formula is C23H21N3O3S. The van der Waals surface area contributed by atoms with E-state index in [9.17, 15) is 4.79 Å². The molecule has 0 saturated heterocycles. The Labute approximate surface area is 178 Å². The number of aryl methyl sites for hydroxylation is 1. The van der Waals surface area contributed by atoms with Crippen LogP contribution in [0.25, 0.3) is 16.5 Å². The summed E-state index contributed by atoms with van der Waals surface area (Å²) in [5.41, 5.74) is 2.07. The number of nitrogens with zero attached hydrogens (tertiary/aromatic N) is 3. The van der Waals surface area contributed by atoms with Crippen molar-refractivity contribution in [1.82, 2.24) is 14.8 Å². The minimum Gasteiger partial charge on any atom is -0.485 e. The van der Waals surface area contributed by atoms with E-state index < -0.39 is 5.97 Å². The molecule has 0 aliphatic carbocycles. The third-order valence-corrected chi connectivity index (χ3v) is 5.58. The fraction of sp³-hybridized carbons (Fsp3) is 0.174. The number of carboxylic acid groups (broad SMARTS) is 1. The van der Waals surface area contributed by atoms with E-state index in [-0.39, 0.29) is 13.0 Å². The molecule has 0 bridgehead atoms. The molecular weight excluding hydrogens is 398 g/mol. The highest BCUT2D eigenvalue weighted by atomic mass is 32.2. The first-order valence-corrected chi connectivity index (χ1v) is 10.6. The van der Waals surface area contributed by atoms with Crippen LogP contribution in [0.5, 0.6) is 5.75 Å². The van der Waals surface area contributed by atoms with E-state index in [1.807, 2.05) is 78.2 Å². The van der Waals surface area contributed by atoms with Gasteiger partial charge in [-0.1, -0.05) is 65.9 Å². The van der Waals surface area contributed by atoms with Gasteiger partial charge < -0.3 is 9.84 Å². The number of aliphatic carboxylic acids is 1. The van der Waals surface area contributed by atoms with Crippen molar-refractivity contribution in [2.75, 3.05) is 5.75 Å². The van der Waals surface area contributed by atoms with Crippen molar-refractivity contribution in [2.24, 2.45) is 0 Å². The summed E-state index contributed by atoms with van der Waals surface area (Å²) in [6.07, 6.45) is 0.0628. The highest BCUT2D eigenvalue weighted by Gasteiger charge is 2.16. The number of carboxylic acids is 1. The lowest BCUT2D eigenvalue weighted by atomic mass is 10.1. The van der Waals surface area contributed by atoms with E-state index >= 15 is 0 Å². The summed E-state index contributed by atoms with van der Waals surface area (Å²) in [6, 6.07) is 22.1. The zero-order valence-corrected chi connectivity index (χ0v) is 17.3. The fourth-order valence-electron chi connectivity index (χ4n) is 3.13. The molecule has 4 aromatic rings. The zero-order valence-electron chi connectivity index (χ0n) is 16.5. The Bertz CT molecular complexity index is 1170. The van der Waals surface area contributed by atoms with Gasteiger partial charge in [0.1, 0.15) is 12.4 Å². The van der Waals surface area contributed by atoms with Crippen LogP contribution in [0.1, 0.15) is 17.8 Å². The number of fused-ring (bicyclic) bond motifs is 1. The first-order chi connectivity index (χ1) is 14.6. The standard InChI is InChI=1S/C23H21N3O3S/c1-16-9-11-18(12-10-16)26-21(24-25-23(26)30-14-13-22(27)28)15-29-20-8-4-6-17-5-2-3-7-19(17)20/h2-12H,13-15H2,1H3,(H,27,28). The van der Waals surface area contributed by atoms with Gasteiger partial charge in [0.2, 0.25) is 0 Å². The molecule has 1 aromatic heterocycles. The SMILES string of the molecule is Cc1ccc(-n2c(COc3cccc4ccccc34)nnc2SCCC(=O)O)cc1. The number of hydrogen-bond acceptors (Lipinski definition) is 5. The van der Waals surface area contributed by atoms with Crippen molar-refractivity contribution in [3.05, 3.63) is 78.1 Å². The quantitative estimate of drug-likeness (QED) is 0.410. The molecule has 0 fully saturated rings. The second-order valence-electron chi connectivity index (χ2n) is 6.83. The topological polar surface area (TPSA) is 77.2 Å². The summed E-state index contributed by atoms with van der Waals surface area (Å²) in [5.74, 6) is 1.03. The van der Waals surface area contributed by atoms with Crippen molar-refractivity contribution in [3.63, 3.8) is 0 Å². The number of hydrogen-bond donors (Lipinski definition) is 1. The largest absolute Gasteiger partial charge is 0.485 e. The number of benzene rings is 3. The van der Waals surface area contributed by atoms with Gasteiger partial charge in [-0.3, -0.25) is 9.36 Å². The third-order valence-electron chi connectivity index (χ3n) is 4.65. The van der Waals surface area contributed by atoms with Crippen LogP contribution < -0.4 is 4.74 Å². The van der Waals surface area contributed by atoms with Gasteiger partial charge in [-0.05, 0) is 30.5 Å². The predicted octanol–water partition coefficient (Wildman–Crippen LogP) is 4.87. The molecule has 0 amide bonds. The lowest BCUT2D eigenvalue weighted by molar-refractivity contribution is -0.136. The number of aromatic nitrogens is 3. The summed E-state index contributed by atoms with van der Waals surface area (Å²) in [5, 5.41) is 20.4. The molecule has 30 heavy (non-hydrogen) atoms. The molecule has 0 unspecified atom stereocenters. The van der Waals surface area contributed by atoms with Gasteiger partial charge in [-0.15, -0.1) is 10.2 Å². The maximum atomic E-state index is 10.9. The molecule has 1 N–H and O–H groups in total. The van der Waals surface area contributed by atoms with Gasteiger partial charge >= 0.3 is 5.97 Å². The molecule has 0 spiro atoms. The third kappa shape index (κ3) is 4.46. The van der Waals surface area contributed by atoms with Crippen molar-refractivity contribution in [3.8, 4) is 11.4 Å². The van der Waals surface area contributed by atoms with E-state index in [4.69, 9.17) is 9.84 Å². The number of ether oxygens (including phenoxy) is 1. The van der Waals surface area contributed by atoms with E-state index in [0.717, 1.165) is 27.8 Å². The Hall–Kier alpha value is -3.32. The predicted molar refractivity (Wildman–Crippen MR) is 117 cm³/mol. The minimum atomic E-state index is -0.830. The van der Waals surface area contributed by atoms with Crippen LogP contribution in [0.4, 0.5) is 0 Å². The molecule has 1 heterocycles. The van der Waals surface area contributed by atoms with Crippen LogP contribution >= 0.6 is 11.8 Å². The summed E-state index contributed by atoms with van der Waals surface area (Å²) in [7, 11) is 0. The Morgan fingerprint density at radius 3 is 2.60 bits per heavy atom. The molecule has 7 heteroatoms. The van der Waals surface area contributed by atoms with Crippen LogP contribution in [-0.4, -0.2) is 31.6 Å². The molecule has 3 aromatic carbocycles. The molecule has 0 aliphatic rings. The lowest BCUT2D eigenvalue weighted by Gasteiger charge is -2.12. The second kappa shape index (κ2) is 9.00. The van der Waals surface area contributed by atoms with Crippen molar-refractivity contribution in [2.45, 2.75) is 25.1 Å². The number of thioether (sulfide) groups is 1. The fourth-order valence-corrected chi connectivity index (χ4v) is 4.03. The highest BCUT2D eigenvalue weighted by Crippen LogP contribution is 2.27. The van der Waals surface area contributed by atoms with Crippen molar-refractivity contribution >= 4 is 28.5 Å². The van der Waals surface area contributed by atoms with E-state index in [0.29, 0.717) is 16.7 Å². The molecule has 0 aliphatic heterocycles. The van der Waals surface area contributed by atoms with Gasteiger partial charge in [0.25, 0.3) is 0 Å². The highest BCUT2D eigenvalue weighted by molar-refractivity contribution is 7.99. The van der Waals surface area contributed by atoms with Gasteiger partial charge in [0, 0.05) is 16.8 Å². The lowest BCUT2D eigenvalue weighted by Crippen LogP contribution is -2.07. The van der Waals surface area contributed by atoms with E-state index in [2.05, 4.69) is 10.2 Å². The Morgan fingerprint density at radius 1 is 1.03 bits per heavy atom. The first kappa shape index (κ1) is 20.0. The first-order valence-electron chi connectivity index (χ1n) is 9.58. The minimum absolute atomic E-state index is 0.0628. The molecule has 0 saturated carbocycles. The maximum absolute atomic E-state index is 10.9. The Balaban J connectivity index is 1.62.